The number of fused-ring (bicyclic) bond motifs is 1. The van der Waals surface area contributed by atoms with E-state index in [1.165, 1.54) is 12.1 Å². The van der Waals surface area contributed by atoms with Crippen molar-refractivity contribution in [2.24, 2.45) is 0 Å². The van der Waals surface area contributed by atoms with Gasteiger partial charge in [0.05, 0.1) is 5.39 Å². The van der Waals surface area contributed by atoms with Gasteiger partial charge in [0.15, 0.2) is 0 Å². The topological polar surface area (TPSA) is 50.4 Å². The second-order valence-corrected chi connectivity index (χ2v) is 5.62. The van der Waals surface area contributed by atoms with E-state index >= 15 is 0 Å². The molecule has 0 fully saturated rings. The number of aromatic hydroxyl groups is 1. The van der Waals surface area contributed by atoms with Crippen LogP contribution in [0.5, 0.6) is 5.75 Å². The molecule has 1 N–H and O–H groups in total. The van der Waals surface area contributed by atoms with Crippen molar-refractivity contribution >= 4 is 38.3 Å². The molecular formula is C15H8BrClO3. The maximum Gasteiger partial charge on any atom is 0.344 e. The van der Waals surface area contributed by atoms with Gasteiger partial charge in [-0.3, -0.25) is 0 Å². The first-order valence-electron chi connectivity index (χ1n) is 5.77. The molecule has 0 spiro atoms. The maximum absolute atomic E-state index is 12.0. The fraction of sp³-hybridized carbons (Fsp3) is 0. The van der Waals surface area contributed by atoms with Gasteiger partial charge in [-0.2, -0.15) is 0 Å². The lowest BCUT2D eigenvalue weighted by Crippen LogP contribution is -2.00. The van der Waals surface area contributed by atoms with Gasteiger partial charge in [-0.25, -0.2) is 4.79 Å². The van der Waals surface area contributed by atoms with E-state index in [1.807, 2.05) is 0 Å². The van der Waals surface area contributed by atoms with Crippen LogP contribution in [0.1, 0.15) is 0 Å². The van der Waals surface area contributed by atoms with Crippen LogP contribution in [0.3, 0.4) is 0 Å². The first-order valence-corrected chi connectivity index (χ1v) is 6.94. The summed E-state index contributed by atoms with van der Waals surface area (Å²) in [6.45, 7) is 0. The van der Waals surface area contributed by atoms with E-state index in [4.69, 9.17) is 16.0 Å². The van der Waals surface area contributed by atoms with Crippen LogP contribution in [0.2, 0.25) is 5.02 Å². The summed E-state index contributed by atoms with van der Waals surface area (Å²) < 4.78 is 6.03. The molecule has 0 aliphatic heterocycles. The highest BCUT2D eigenvalue weighted by molar-refractivity contribution is 9.10. The molecule has 3 aromatic rings. The number of benzene rings is 2. The highest BCUT2D eigenvalue weighted by atomic mass is 79.9. The van der Waals surface area contributed by atoms with Crippen LogP contribution in [-0.4, -0.2) is 5.11 Å². The third-order valence-corrected chi connectivity index (χ3v) is 3.71. The first-order chi connectivity index (χ1) is 9.54. The minimum Gasteiger partial charge on any atom is -0.508 e. The predicted molar refractivity (Wildman–Crippen MR) is 82.3 cm³/mol. The first kappa shape index (κ1) is 13.2. The molecule has 20 heavy (non-hydrogen) atoms. The molecule has 0 unspecified atom stereocenters. The molecule has 1 heterocycles. The summed E-state index contributed by atoms with van der Waals surface area (Å²) in [6, 6.07) is 11.5. The van der Waals surface area contributed by atoms with Crippen LogP contribution in [0.15, 0.2) is 56.1 Å². The zero-order chi connectivity index (χ0) is 14.3. The molecule has 100 valence electrons. The average Bonchev–Trinajstić information content (AvgIpc) is 2.40. The zero-order valence-electron chi connectivity index (χ0n) is 10.1. The highest BCUT2D eigenvalue weighted by Crippen LogP contribution is 2.30. The average molecular weight is 352 g/mol. The van der Waals surface area contributed by atoms with Crippen LogP contribution >= 0.6 is 27.5 Å². The normalized spacial score (nSPS) is 10.9. The van der Waals surface area contributed by atoms with Crippen molar-refractivity contribution in [3.05, 3.63) is 62.4 Å². The Bertz CT molecular complexity index is 853. The summed E-state index contributed by atoms with van der Waals surface area (Å²) in [6.07, 6.45) is 0. The van der Waals surface area contributed by atoms with Gasteiger partial charge in [-0.1, -0.05) is 27.5 Å². The second-order valence-electron chi connectivity index (χ2n) is 4.29. The van der Waals surface area contributed by atoms with Crippen molar-refractivity contribution in [2.75, 3.05) is 0 Å². The largest absolute Gasteiger partial charge is 0.508 e. The number of rotatable bonds is 1. The summed E-state index contributed by atoms with van der Waals surface area (Å²) >= 11 is 9.46. The molecule has 0 saturated heterocycles. The minimum absolute atomic E-state index is 0.152. The van der Waals surface area contributed by atoms with Gasteiger partial charge >= 0.3 is 5.63 Å². The Labute approximate surface area is 127 Å². The third-order valence-electron chi connectivity index (χ3n) is 2.94. The Morgan fingerprint density at radius 3 is 2.45 bits per heavy atom. The van der Waals surface area contributed by atoms with E-state index in [0.29, 0.717) is 27.1 Å². The zero-order valence-corrected chi connectivity index (χ0v) is 12.4. The summed E-state index contributed by atoms with van der Waals surface area (Å²) in [4.78, 5) is 12.0. The Morgan fingerprint density at radius 2 is 1.75 bits per heavy atom. The molecule has 0 amide bonds. The van der Waals surface area contributed by atoms with Crippen molar-refractivity contribution in [3.8, 4) is 17.1 Å². The number of phenols is 1. The molecule has 3 rings (SSSR count). The van der Waals surface area contributed by atoms with Crippen LogP contribution in [0.25, 0.3) is 22.1 Å². The van der Waals surface area contributed by atoms with Gasteiger partial charge in [0.25, 0.3) is 0 Å². The lowest BCUT2D eigenvalue weighted by atomic mass is 10.1. The highest BCUT2D eigenvalue weighted by Gasteiger charge is 2.10. The predicted octanol–water partition coefficient (Wildman–Crippen LogP) is 4.58. The molecule has 0 saturated carbocycles. The number of halogens is 2. The fourth-order valence-electron chi connectivity index (χ4n) is 1.98. The third kappa shape index (κ3) is 2.32. The quantitative estimate of drug-likeness (QED) is 0.698. The Hall–Kier alpha value is -1.78. The molecule has 5 heteroatoms. The Morgan fingerprint density at radius 1 is 1.05 bits per heavy atom. The molecule has 2 aromatic carbocycles. The van der Waals surface area contributed by atoms with Crippen LogP contribution in [-0.2, 0) is 0 Å². The fourth-order valence-corrected chi connectivity index (χ4v) is 2.85. The lowest BCUT2D eigenvalue weighted by Gasteiger charge is -2.05. The lowest BCUT2D eigenvalue weighted by molar-refractivity contribution is 0.475. The van der Waals surface area contributed by atoms with E-state index in [-0.39, 0.29) is 5.75 Å². The Balaban J connectivity index is 2.29. The van der Waals surface area contributed by atoms with Crippen molar-refractivity contribution in [3.63, 3.8) is 0 Å². The second kappa shape index (κ2) is 4.96. The van der Waals surface area contributed by atoms with Crippen LogP contribution in [0, 0.1) is 0 Å². The van der Waals surface area contributed by atoms with E-state index in [9.17, 15) is 9.90 Å². The van der Waals surface area contributed by atoms with E-state index in [1.54, 1.807) is 30.3 Å². The van der Waals surface area contributed by atoms with Gasteiger partial charge in [0.2, 0.25) is 0 Å². The molecule has 1 aromatic heterocycles. The molecule has 3 nitrogen and oxygen atoms in total. The maximum atomic E-state index is 12.0. The van der Waals surface area contributed by atoms with Gasteiger partial charge in [-0.15, -0.1) is 0 Å². The van der Waals surface area contributed by atoms with Crippen molar-refractivity contribution < 1.29 is 9.52 Å². The van der Waals surface area contributed by atoms with Crippen LogP contribution in [0.4, 0.5) is 0 Å². The van der Waals surface area contributed by atoms with Gasteiger partial charge in [-0.05, 0) is 42.5 Å². The van der Waals surface area contributed by atoms with Gasteiger partial charge in [0.1, 0.15) is 11.5 Å². The summed E-state index contributed by atoms with van der Waals surface area (Å²) in [7, 11) is 0. The Kier molecular flexibility index (Phi) is 3.28. The smallest absolute Gasteiger partial charge is 0.344 e. The standard InChI is InChI=1S/C15H8BrClO3/c16-9-5-12-11(13(17)6-9)7-14(20-15(12)19)8-1-3-10(18)4-2-8/h1-7,18H. The van der Waals surface area contributed by atoms with Crippen molar-refractivity contribution in [1.82, 2.24) is 0 Å². The van der Waals surface area contributed by atoms with Crippen molar-refractivity contribution in [1.29, 1.82) is 0 Å². The van der Waals surface area contributed by atoms with E-state index in [2.05, 4.69) is 15.9 Å². The summed E-state index contributed by atoms with van der Waals surface area (Å²) in [5.74, 6) is 0.561. The van der Waals surface area contributed by atoms with E-state index in [0.717, 1.165) is 4.47 Å². The minimum atomic E-state index is -0.450. The molecule has 0 aliphatic rings. The number of hydrogen-bond donors (Lipinski definition) is 1. The number of phenolic OH excluding ortho intramolecular Hbond substituents is 1. The monoisotopic (exact) mass is 350 g/mol. The van der Waals surface area contributed by atoms with E-state index < -0.39 is 5.63 Å². The number of hydrogen-bond acceptors (Lipinski definition) is 3. The SMILES string of the molecule is O=c1oc(-c2ccc(O)cc2)cc2c(Cl)cc(Br)cc12. The van der Waals surface area contributed by atoms with Crippen molar-refractivity contribution in [2.45, 2.75) is 0 Å². The summed E-state index contributed by atoms with van der Waals surface area (Å²) in [5, 5.41) is 10.8. The summed E-state index contributed by atoms with van der Waals surface area (Å²) in [5.41, 5.74) is 0.245. The van der Waals surface area contributed by atoms with Crippen LogP contribution < -0.4 is 5.63 Å². The molecule has 0 atom stereocenters. The van der Waals surface area contributed by atoms with Gasteiger partial charge < -0.3 is 9.52 Å². The molecular weight excluding hydrogens is 344 g/mol. The molecule has 0 radical (unpaired) electrons. The van der Waals surface area contributed by atoms with Gasteiger partial charge in [0, 0.05) is 20.4 Å². The molecule has 0 bridgehead atoms. The molecule has 0 aliphatic carbocycles.